The van der Waals surface area contributed by atoms with Crippen molar-refractivity contribution in [3.63, 3.8) is 0 Å². The van der Waals surface area contributed by atoms with Crippen LogP contribution in [-0.2, 0) is 0 Å². The third-order valence-electron chi connectivity index (χ3n) is 6.00. The predicted octanol–water partition coefficient (Wildman–Crippen LogP) is 3.73. The number of rotatable bonds is 3. The van der Waals surface area contributed by atoms with Gasteiger partial charge in [-0.15, -0.1) is 11.3 Å². The van der Waals surface area contributed by atoms with Crippen molar-refractivity contribution >= 4 is 23.2 Å². The van der Waals surface area contributed by atoms with Gasteiger partial charge in [0.05, 0.1) is 9.88 Å². The second kappa shape index (κ2) is 7.47. The molecule has 2 aliphatic heterocycles. The van der Waals surface area contributed by atoms with Crippen LogP contribution in [0.5, 0.6) is 0 Å². The number of nitrogens with zero attached hydrogens (tertiary/aromatic N) is 5. The summed E-state index contributed by atoms with van der Waals surface area (Å²) in [5, 5.41) is 0.926. The lowest BCUT2D eigenvalue weighted by Crippen LogP contribution is -2.34. The van der Waals surface area contributed by atoms with E-state index in [4.69, 9.17) is 0 Å². The number of benzene rings is 1. The topological polar surface area (TPSA) is 62.2 Å². The first-order chi connectivity index (χ1) is 14.5. The minimum atomic E-state index is 0.0572. The fourth-order valence-electron chi connectivity index (χ4n) is 4.68. The number of anilines is 1. The zero-order chi connectivity index (χ0) is 20.8. The van der Waals surface area contributed by atoms with E-state index in [0.29, 0.717) is 17.5 Å². The molecule has 0 bridgehead atoms. The second-order valence-corrected chi connectivity index (χ2v) is 9.57. The van der Waals surface area contributed by atoms with Gasteiger partial charge in [0.15, 0.2) is 0 Å². The lowest BCUT2D eigenvalue weighted by atomic mass is 10.0. The number of thiazole rings is 1. The molecule has 5 rings (SSSR count). The molecule has 4 heterocycles. The highest BCUT2D eigenvalue weighted by molar-refractivity contribution is 7.15. The summed E-state index contributed by atoms with van der Waals surface area (Å²) in [7, 11) is 0. The Morgan fingerprint density at radius 1 is 0.933 bits per heavy atom. The highest BCUT2D eigenvalue weighted by Gasteiger charge is 2.43. The Morgan fingerprint density at radius 2 is 1.57 bits per heavy atom. The number of carbonyl (C=O) groups excluding carboxylic acids is 1. The van der Waals surface area contributed by atoms with Crippen molar-refractivity contribution in [3.8, 4) is 10.4 Å². The van der Waals surface area contributed by atoms with Crippen molar-refractivity contribution in [2.75, 3.05) is 31.1 Å². The summed E-state index contributed by atoms with van der Waals surface area (Å²) < 4.78 is 0. The van der Waals surface area contributed by atoms with Crippen LogP contribution in [0, 0.1) is 32.6 Å². The van der Waals surface area contributed by atoms with Gasteiger partial charge >= 0.3 is 0 Å². The second-order valence-electron chi connectivity index (χ2n) is 8.36. The Morgan fingerprint density at radius 3 is 2.20 bits per heavy atom. The smallest absolute Gasteiger partial charge is 0.274 e. The molecule has 2 aromatic heterocycles. The molecule has 2 aliphatic rings. The van der Waals surface area contributed by atoms with Crippen molar-refractivity contribution in [2.45, 2.75) is 20.8 Å². The number of hydrogen-bond acceptors (Lipinski definition) is 6. The fraction of sp³-hybridized carbons (Fsp3) is 0.391. The zero-order valence-electron chi connectivity index (χ0n) is 17.5. The zero-order valence-corrected chi connectivity index (χ0v) is 18.3. The molecule has 6 nitrogen and oxygen atoms in total. The van der Waals surface area contributed by atoms with Gasteiger partial charge in [-0.3, -0.25) is 4.79 Å². The molecule has 0 spiro atoms. The molecule has 0 saturated carbocycles. The largest absolute Gasteiger partial charge is 0.340 e. The monoisotopic (exact) mass is 419 g/mol. The normalized spacial score (nSPS) is 20.6. The van der Waals surface area contributed by atoms with Gasteiger partial charge in [0, 0.05) is 49.4 Å². The maximum atomic E-state index is 13.4. The van der Waals surface area contributed by atoms with Gasteiger partial charge < -0.3 is 9.80 Å². The standard InChI is InChI=1S/C23H25N5OS/c1-14-9-15(2)25-23(24-14)28-12-18-10-27(11-19(18)13-28)22(29)20-21(30-16(3)26-20)17-7-5-4-6-8-17/h4-9,18-19H,10-13H2,1-3H3. The Kier molecular flexibility index (Phi) is 4.77. The predicted molar refractivity (Wildman–Crippen MR) is 119 cm³/mol. The molecule has 30 heavy (non-hydrogen) atoms. The van der Waals surface area contributed by atoms with E-state index in [2.05, 4.69) is 19.9 Å². The number of likely N-dealkylation sites (tertiary alicyclic amines) is 1. The minimum absolute atomic E-state index is 0.0572. The van der Waals surface area contributed by atoms with Gasteiger partial charge in [-0.05, 0) is 32.4 Å². The van der Waals surface area contributed by atoms with Crippen LogP contribution in [0.1, 0.15) is 26.9 Å². The molecule has 0 N–H and O–H groups in total. The number of fused-ring (bicyclic) bond motifs is 1. The van der Waals surface area contributed by atoms with Gasteiger partial charge in [0.2, 0.25) is 5.95 Å². The van der Waals surface area contributed by atoms with Crippen LogP contribution in [0.25, 0.3) is 10.4 Å². The first-order valence-electron chi connectivity index (χ1n) is 10.4. The quantitative estimate of drug-likeness (QED) is 0.647. The highest BCUT2D eigenvalue weighted by Crippen LogP contribution is 2.36. The molecule has 0 aliphatic carbocycles. The molecular formula is C23H25N5OS. The van der Waals surface area contributed by atoms with Crippen LogP contribution >= 0.6 is 11.3 Å². The lowest BCUT2D eigenvalue weighted by molar-refractivity contribution is 0.0778. The first kappa shape index (κ1) is 19.2. The summed E-state index contributed by atoms with van der Waals surface area (Å²) >= 11 is 1.59. The van der Waals surface area contributed by atoms with Gasteiger partial charge in [-0.25, -0.2) is 15.0 Å². The van der Waals surface area contributed by atoms with Gasteiger partial charge in [-0.2, -0.15) is 0 Å². The molecule has 7 heteroatoms. The van der Waals surface area contributed by atoms with Crippen LogP contribution in [0.15, 0.2) is 36.4 Å². The van der Waals surface area contributed by atoms with Crippen molar-refractivity contribution in [1.82, 2.24) is 19.9 Å². The van der Waals surface area contributed by atoms with E-state index < -0.39 is 0 Å². The summed E-state index contributed by atoms with van der Waals surface area (Å²) in [5.41, 5.74) is 3.65. The Bertz CT molecular complexity index is 1060. The van der Waals surface area contributed by atoms with E-state index in [1.165, 1.54) is 0 Å². The van der Waals surface area contributed by atoms with Crippen LogP contribution in [0.3, 0.4) is 0 Å². The molecule has 1 aromatic carbocycles. The summed E-state index contributed by atoms with van der Waals surface area (Å²) in [6.45, 7) is 9.34. The number of carbonyl (C=O) groups is 1. The van der Waals surface area contributed by atoms with E-state index in [1.807, 2.05) is 62.1 Å². The van der Waals surface area contributed by atoms with E-state index in [1.54, 1.807) is 11.3 Å². The van der Waals surface area contributed by atoms with Crippen molar-refractivity contribution in [1.29, 1.82) is 0 Å². The molecule has 2 unspecified atom stereocenters. The van der Waals surface area contributed by atoms with Crippen molar-refractivity contribution in [2.24, 2.45) is 11.8 Å². The van der Waals surface area contributed by atoms with Crippen molar-refractivity contribution in [3.05, 3.63) is 58.5 Å². The average molecular weight is 420 g/mol. The van der Waals surface area contributed by atoms with E-state index in [0.717, 1.165) is 59.0 Å². The minimum Gasteiger partial charge on any atom is -0.340 e. The van der Waals surface area contributed by atoms with Gasteiger partial charge in [0.1, 0.15) is 5.69 Å². The van der Waals surface area contributed by atoms with E-state index in [-0.39, 0.29) is 5.91 Å². The number of aryl methyl sites for hydroxylation is 3. The number of hydrogen-bond donors (Lipinski definition) is 0. The number of amides is 1. The Hall–Kier alpha value is -2.80. The molecule has 0 radical (unpaired) electrons. The maximum Gasteiger partial charge on any atom is 0.274 e. The SMILES string of the molecule is Cc1cc(C)nc(N2CC3CN(C(=O)c4nc(C)sc4-c4ccccc4)CC3C2)n1. The molecular weight excluding hydrogens is 394 g/mol. The summed E-state index contributed by atoms with van der Waals surface area (Å²) in [5.74, 6) is 1.79. The van der Waals surface area contributed by atoms with Crippen molar-refractivity contribution < 1.29 is 4.79 Å². The average Bonchev–Trinajstić information content (AvgIpc) is 3.40. The molecule has 2 saturated heterocycles. The van der Waals surface area contributed by atoms with Gasteiger partial charge in [-0.1, -0.05) is 30.3 Å². The van der Waals surface area contributed by atoms with E-state index >= 15 is 0 Å². The third kappa shape index (κ3) is 3.47. The van der Waals surface area contributed by atoms with Gasteiger partial charge in [0.25, 0.3) is 5.91 Å². The van der Waals surface area contributed by atoms with Crippen LogP contribution in [0.2, 0.25) is 0 Å². The molecule has 154 valence electrons. The molecule has 3 aromatic rings. The molecule has 1 amide bonds. The van der Waals surface area contributed by atoms with Crippen LogP contribution in [-0.4, -0.2) is 51.9 Å². The molecule has 2 fully saturated rings. The van der Waals surface area contributed by atoms with Crippen LogP contribution in [0.4, 0.5) is 5.95 Å². The fourth-order valence-corrected chi connectivity index (χ4v) is 5.59. The first-order valence-corrected chi connectivity index (χ1v) is 11.2. The third-order valence-corrected chi connectivity index (χ3v) is 7.02. The number of aromatic nitrogens is 3. The summed E-state index contributed by atoms with van der Waals surface area (Å²) in [6, 6.07) is 12.1. The summed E-state index contributed by atoms with van der Waals surface area (Å²) in [4.78, 5) is 32.4. The van der Waals surface area contributed by atoms with E-state index in [9.17, 15) is 4.79 Å². The molecule has 2 atom stereocenters. The summed E-state index contributed by atoms with van der Waals surface area (Å²) in [6.07, 6.45) is 0. The highest BCUT2D eigenvalue weighted by atomic mass is 32.1. The lowest BCUT2D eigenvalue weighted by Gasteiger charge is -2.22. The Balaban J connectivity index is 1.32. The Labute approximate surface area is 180 Å². The van der Waals surface area contributed by atoms with Crippen LogP contribution < -0.4 is 4.90 Å². The maximum absolute atomic E-state index is 13.4.